The van der Waals surface area contributed by atoms with Gasteiger partial charge in [-0.05, 0) is 72.5 Å². The van der Waals surface area contributed by atoms with E-state index >= 15 is 0 Å². The molecule has 246 valence electrons. The lowest BCUT2D eigenvalue weighted by molar-refractivity contribution is 1.32. The minimum Gasteiger partial charge on any atom is -0.246 e. The van der Waals surface area contributed by atoms with Crippen molar-refractivity contribution in [2.24, 2.45) is 0 Å². The van der Waals surface area contributed by atoms with Crippen LogP contribution in [0.5, 0.6) is 0 Å². The first kappa shape index (κ1) is 31.2. The largest absolute Gasteiger partial charge is 0.246 e. The van der Waals surface area contributed by atoms with Crippen molar-refractivity contribution in [3.05, 3.63) is 179 Å². The zero-order chi connectivity index (χ0) is 35.0. The van der Waals surface area contributed by atoms with Crippen LogP contribution in [0.15, 0.2) is 146 Å². The Morgan fingerprint density at radius 2 is 0.769 bits per heavy atom. The smallest absolute Gasteiger partial charge is 0.0974 e. The number of hydrogen-bond acceptors (Lipinski definition) is 4. The molecular weight excluding hydrogens is 633 g/mol. The first-order valence-electron chi connectivity index (χ1n) is 17.6. The van der Waals surface area contributed by atoms with E-state index in [0.29, 0.717) is 0 Å². The Balaban J connectivity index is 1.06. The fourth-order valence-electron chi connectivity index (χ4n) is 6.93. The normalized spacial score (nSPS) is 11.9. The Morgan fingerprint density at radius 1 is 0.365 bits per heavy atom. The predicted molar refractivity (Wildman–Crippen MR) is 219 cm³/mol. The molecule has 0 aliphatic rings. The van der Waals surface area contributed by atoms with Gasteiger partial charge in [-0.3, -0.25) is 0 Å². The van der Waals surface area contributed by atoms with E-state index in [-0.39, 0.29) is 0 Å². The first-order chi connectivity index (χ1) is 25.6. The van der Waals surface area contributed by atoms with E-state index in [1.807, 2.05) is 36.4 Å². The fraction of sp³-hybridized carbons (Fsp3) is 0.0417. The van der Waals surface area contributed by atoms with Crippen LogP contribution in [-0.2, 0) is 0 Å². The fourth-order valence-corrected chi connectivity index (χ4v) is 6.93. The average molecular weight is 667 g/mol. The lowest BCUT2D eigenvalue weighted by Crippen LogP contribution is -1.93. The van der Waals surface area contributed by atoms with Crippen LogP contribution in [0.2, 0.25) is 0 Å². The molecule has 4 aromatic heterocycles. The van der Waals surface area contributed by atoms with Crippen molar-refractivity contribution in [1.82, 2.24) is 19.9 Å². The Bertz CT molecular complexity index is 2640. The highest BCUT2D eigenvalue weighted by molar-refractivity contribution is 6.06. The van der Waals surface area contributed by atoms with Crippen LogP contribution in [0.3, 0.4) is 0 Å². The Labute approximate surface area is 302 Å². The summed E-state index contributed by atoms with van der Waals surface area (Å²) in [6, 6.07) is 50.5. The summed E-state index contributed by atoms with van der Waals surface area (Å²) in [5.41, 5.74) is 14.0. The highest BCUT2D eigenvalue weighted by atomic mass is 14.8. The lowest BCUT2D eigenvalue weighted by atomic mass is 10.0. The molecule has 0 radical (unpaired) electrons. The molecule has 5 aromatic carbocycles. The van der Waals surface area contributed by atoms with Crippen molar-refractivity contribution in [2.45, 2.75) is 13.8 Å². The molecule has 0 fully saturated rings. The summed E-state index contributed by atoms with van der Waals surface area (Å²) in [5.74, 6) is 0. The maximum atomic E-state index is 5.19. The average Bonchev–Trinajstić information content (AvgIpc) is 3.19. The summed E-state index contributed by atoms with van der Waals surface area (Å²) in [7, 11) is 0. The van der Waals surface area contributed by atoms with Crippen LogP contribution in [-0.4, -0.2) is 19.9 Å². The third-order valence-electron chi connectivity index (χ3n) is 9.70. The second-order valence-corrected chi connectivity index (χ2v) is 13.3. The molecule has 4 heteroatoms. The van der Waals surface area contributed by atoms with E-state index < -0.39 is 0 Å². The van der Waals surface area contributed by atoms with Gasteiger partial charge in [-0.25, -0.2) is 19.9 Å². The van der Waals surface area contributed by atoms with Gasteiger partial charge in [0.2, 0.25) is 0 Å². The standard InChI is InChI=1S/C48H34N4/c1-31-29-39(23-13-33-9-5-3-6-10-33)49-47-41(31)25-19-37-21-27-43(51-45(37)47)35-15-17-36(18-16-35)44-28-22-38-20-26-42-32(2)30-40(50-48(42)46(38)52-44)24-14-34-11-7-4-8-12-34/h3-30H,1-2H3. The molecule has 9 rings (SSSR count). The van der Waals surface area contributed by atoms with Gasteiger partial charge in [0.1, 0.15) is 0 Å². The van der Waals surface area contributed by atoms with Crippen LogP contribution < -0.4 is 0 Å². The van der Waals surface area contributed by atoms with Gasteiger partial charge in [0.05, 0.1) is 44.8 Å². The molecule has 0 N–H and O–H groups in total. The molecular formula is C48H34N4. The first-order valence-corrected chi connectivity index (χ1v) is 17.6. The molecule has 0 bridgehead atoms. The van der Waals surface area contributed by atoms with Crippen LogP contribution in [0.4, 0.5) is 0 Å². The molecule has 0 aliphatic heterocycles. The Morgan fingerprint density at radius 3 is 1.19 bits per heavy atom. The quantitative estimate of drug-likeness (QED) is 0.166. The molecule has 4 nitrogen and oxygen atoms in total. The van der Waals surface area contributed by atoms with Crippen LogP contribution in [0.25, 0.3) is 90.4 Å². The monoisotopic (exact) mass is 666 g/mol. The van der Waals surface area contributed by atoms with Gasteiger partial charge in [0.25, 0.3) is 0 Å². The minimum atomic E-state index is 0.904. The number of hydrogen-bond donors (Lipinski definition) is 0. The molecule has 0 aliphatic carbocycles. The number of fused-ring (bicyclic) bond motifs is 6. The van der Waals surface area contributed by atoms with Gasteiger partial charge in [-0.1, -0.05) is 133 Å². The minimum absolute atomic E-state index is 0.904. The van der Waals surface area contributed by atoms with Crippen LogP contribution >= 0.6 is 0 Å². The molecule has 0 saturated carbocycles. The van der Waals surface area contributed by atoms with Gasteiger partial charge in [0, 0.05) is 32.7 Å². The highest BCUT2D eigenvalue weighted by Crippen LogP contribution is 2.32. The van der Waals surface area contributed by atoms with E-state index in [4.69, 9.17) is 19.9 Å². The van der Waals surface area contributed by atoms with Crippen molar-refractivity contribution in [2.75, 3.05) is 0 Å². The Hall–Kier alpha value is -6.78. The zero-order valence-electron chi connectivity index (χ0n) is 29.0. The van der Waals surface area contributed by atoms with E-state index in [2.05, 4.69) is 147 Å². The summed E-state index contributed by atoms with van der Waals surface area (Å²) >= 11 is 0. The molecule has 0 amide bonds. The second-order valence-electron chi connectivity index (χ2n) is 13.3. The molecule has 52 heavy (non-hydrogen) atoms. The number of aryl methyl sites for hydroxylation is 2. The number of benzene rings is 5. The van der Waals surface area contributed by atoms with E-state index in [1.54, 1.807) is 0 Å². The molecule has 0 unspecified atom stereocenters. The number of pyridine rings is 4. The summed E-state index contributed by atoms with van der Waals surface area (Å²) in [4.78, 5) is 20.5. The SMILES string of the molecule is Cc1cc(C=Cc2ccccc2)nc2c1ccc1ccc(-c3ccc(-c4ccc5ccc6c(C)cc(C=Cc7ccccc7)nc6c5n4)cc3)nc12. The Kier molecular flexibility index (Phi) is 7.90. The molecule has 4 heterocycles. The van der Waals surface area contributed by atoms with Crippen molar-refractivity contribution >= 4 is 67.9 Å². The molecule has 0 spiro atoms. The van der Waals surface area contributed by atoms with Gasteiger partial charge >= 0.3 is 0 Å². The van der Waals surface area contributed by atoms with Crippen molar-refractivity contribution in [3.8, 4) is 22.5 Å². The highest BCUT2D eigenvalue weighted by Gasteiger charge is 2.12. The summed E-state index contributed by atoms with van der Waals surface area (Å²) < 4.78 is 0. The predicted octanol–water partition coefficient (Wildman–Crippen LogP) is 12.2. The topological polar surface area (TPSA) is 51.6 Å². The van der Waals surface area contributed by atoms with Crippen molar-refractivity contribution < 1.29 is 0 Å². The maximum Gasteiger partial charge on any atom is 0.0974 e. The summed E-state index contributed by atoms with van der Waals surface area (Å²) in [6.07, 6.45) is 8.36. The number of rotatable bonds is 6. The summed E-state index contributed by atoms with van der Waals surface area (Å²) in [6.45, 7) is 4.28. The summed E-state index contributed by atoms with van der Waals surface area (Å²) in [5, 5.41) is 4.37. The number of nitrogens with zero attached hydrogens (tertiary/aromatic N) is 4. The molecule has 0 saturated heterocycles. The third kappa shape index (κ3) is 6.01. The maximum absolute atomic E-state index is 5.19. The van der Waals surface area contributed by atoms with Gasteiger partial charge < -0.3 is 0 Å². The molecule has 0 atom stereocenters. The van der Waals surface area contributed by atoms with Crippen molar-refractivity contribution in [1.29, 1.82) is 0 Å². The second kappa shape index (κ2) is 13.2. The third-order valence-corrected chi connectivity index (χ3v) is 9.70. The molecule has 9 aromatic rings. The van der Waals surface area contributed by atoms with Crippen LogP contribution in [0, 0.1) is 13.8 Å². The van der Waals surface area contributed by atoms with E-state index in [1.165, 1.54) is 11.1 Å². The van der Waals surface area contributed by atoms with Gasteiger partial charge in [-0.2, -0.15) is 0 Å². The van der Waals surface area contributed by atoms with E-state index in [9.17, 15) is 0 Å². The van der Waals surface area contributed by atoms with Gasteiger partial charge in [-0.15, -0.1) is 0 Å². The van der Waals surface area contributed by atoms with Crippen molar-refractivity contribution in [3.63, 3.8) is 0 Å². The number of aromatic nitrogens is 4. The van der Waals surface area contributed by atoms with E-state index in [0.717, 1.165) is 88.6 Å². The van der Waals surface area contributed by atoms with Crippen LogP contribution in [0.1, 0.15) is 33.6 Å². The lowest BCUT2D eigenvalue weighted by Gasteiger charge is -2.10. The zero-order valence-corrected chi connectivity index (χ0v) is 29.0. The van der Waals surface area contributed by atoms with Gasteiger partial charge in [0.15, 0.2) is 0 Å².